The topological polar surface area (TPSA) is 115 Å². The fourth-order valence-corrected chi connectivity index (χ4v) is 3.12. The molecule has 2 unspecified atom stereocenters. The molecule has 0 saturated carbocycles. The van der Waals surface area contributed by atoms with Crippen molar-refractivity contribution >= 4 is 29.3 Å². The first kappa shape index (κ1) is 16.2. The maximum atomic E-state index is 12.4. The number of hydrogen-bond acceptors (Lipinski definition) is 5. The smallest absolute Gasteiger partial charge is 0.252 e. The minimum absolute atomic E-state index is 0.0329. The summed E-state index contributed by atoms with van der Waals surface area (Å²) in [5, 5.41) is 9.03. The van der Waals surface area contributed by atoms with Gasteiger partial charge in [-0.05, 0) is 13.8 Å². The summed E-state index contributed by atoms with van der Waals surface area (Å²) >= 11 is 0. The number of imide groups is 1. The van der Waals surface area contributed by atoms with Gasteiger partial charge in [0.05, 0.1) is 24.2 Å². The quantitative estimate of drug-likeness (QED) is 0.715. The van der Waals surface area contributed by atoms with Gasteiger partial charge in [-0.3, -0.25) is 29.2 Å². The zero-order valence-electron chi connectivity index (χ0n) is 13.5. The SMILES string of the molecule is CC(C)N1C(=O)CC(NC(=O)C2CC(=O)N(c3cn[nH]c3)C2)C1=O. The molecule has 2 saturated heterocycles. The molecule has 128 valence electrons. The van der Waals surface area contributed by atoms with Crippen LogP contribution >= 0.6 is 0 Å². The Bertz CT molecular complexity index is 684. The van der Waals surface area contributed by atoms with E-state index in [1.54, 1.807) is 20.0 Å². The van der Waals surface area contributed by atoms with Gasteiger partial charge in [0.1, 0.15) is 6.04 Å². The lowest BCUT2D eigenvalue weighted by Crippen LogP contribution is -2.45. The van der Waals surface area contributed by atoms with Crippen molar-refractivity contribution in [2.24, 2.45) is 5.92 Å². The van der Waals surface area contributed by atoms with Crippen LogP contribution in [0.1, 0.15) is 26.7 Å². The maximum Gasteiger partial charge on any atom is 0.252 e. The molecule has 9 heteroatoms. The van der Waals surface area contributed by atoms with Crippen molar-refractivity contribution in [3.8, 4) is 0 Å². The Hall–Kier alpha value is -2.71. The van der Waals surface area contributed by atoms with E-state index in [1.165, 1.54) is 16.0 Å². The molecule has 0 spiro atoms. The third kappa shape index (κ3) is 2.77. The van der Waals surface area contributed by atoms with Crippen LogP contribution in [0, 0.1) is 5.92 Å². The highest BCUT2D eigenvalue weighted by atomic mass is 16.2. The fraction of sp³-hybridized carbons (Fsp3) is 0.533. The van der Waals surface area contributed by atoms with E-state index in [-0.39, 0.29) is 49.1 Å². The van der Waals surface area contributed by atoms with Crippen molar-refractivity contribution in [3.05, 3.63) is 12.4 Å². The van der Waals surface area contributed by atoms with E-state index in [0.29, 0.717) is 5.69 Å². The van der Waals surface area contributed by atoms with Gasteiger partial charge in [-0.2, -0.15) is 5.10 Å². The first-order valence-corrected chi connectivity index (χ1v) is 7.84. The van der Waals surface area contributed by atoms with Crippen LogP contribution in [0.25, 0.3) is 0 Å². The Morgan fingerprint density at radius 2 is 2.04 bits per heavy atom. The van der Waals surface area contributed by atoms with Gasteiger partial charge in [0, 0.05) is 25.2 Å². The van der Waals surface area contributed by atoms with Crippen LogP contribution in [0.5, 0.6) is 0 Å². The Labute approximate surface area is 138 Å². The molecule has 4 amide bonds. The number of rotatable bonds is 4. The maximum absolute atomic E-state index is 12.4. The number of hydrogen-bond donors (Lipinski definition) is 2. The number of carbonyl (C=O) groups excluding carboxylic acids is 4. The van der Waals surface area contributed by atoms with Crippen LogP contribution in [0.2, 0.25) is 0 Å². The number of anilines is 1. The Morgan fingerprint density at radius 1 is 1.29 bits per heavy atom. The van der Waals surface area contributed by atoms with Crippen LogP contribution in [0.15, 0.2) is 12.4 Å². The van der Waals surface area contributed by atoms with Crippen LogP contribution in [0.3, 0.4) is 0 Å². The Balaban J connectivity index is 1.63. The molecule has 2 N–H and O–H groups in total. The molecule has 2 aliphatic heterocycles. The van der Waals surface area contributed by atoms with Crippen LogP contribution in [-0.2, 0) is 19.2 Å². The van der Waals surface area contributed by atoms with E-state index < -0.39 is 12.0 Å². The average Bonchev–Trinajstić information content (AvgIpc) is 3.19. The van der Waals surface area contributed by atoms with Gasteiger partial charge >= 0.3 is 0 Å². The molecule has 3 rings (SSSR count). The predicted molar refractivity (Wildman–Crippen MR) is 82.6 cm³/mol. The standard InChI is InChI=1S/C15H19N5O4/c1-8(2)20-13(22)4-11(15(20)24)18-14(23)9-3-12(21)19(7-9)10-5-16-17-6-10/h5-6,8-9,11H,3-4,7H2,1-2H3,(H,16,17)(H,18,23). The predicted octanol–water partition coefficient (Wildman–Crippen LogP) is -0.585. The summed E-state index contributed by atoms with van der Waals surface area (Å²) in [5.41, 5.74) is 0.605. The number of aromatic nitrogens is 2. The van der Waals surface area contributed by atoms with Gasteiger partial charge in [-0.1, -0.05) is 0 Å². The highest BCUT2D eigenvalue weighted by Gasteiger charge is 2.43. The lowest BCUT2D eigenvalue weighted by atomic mass is 10.1. The van der Waals surface area contributed by atoms with Crippen molar-refractivity contribution < 1.29 is 19.2 Å². The van der Waals surface area contributed by atoms with Gasteiger partial charge in [0.25, 0.3) is 5.91 Å². The molecule has 3 heterocycles. The number of carbonyl (C=O) groups is 4. The second kappa shape index (κ2) is 6.06. The van der Waals surface area contributed by atoms with Crippen LogP contribution < -0.4 is 10.2 Å². The fourth-order valence-electron chi connectivity index (χ4n) is 3.12. The minimum Gasteiger partial charge on any atom is -0.343 e. The first-order chi connectivity index (χ1) is 11.4. The molecule has 24 heavy (non-hydrogen) atoms. The monoisotopic (exact) mass is 333 g/mol. The molecule has 2 aliphatic rings. The van der Waals surface area contributed by atoms with E-state index in [1.807, 2.05) is 0 Å². The highest BCUT2D eigenvalue weighted by molar-refractivity contribution is 6.08. The molecule has 9 nitrogen and oxygen atoms in total. The summed E-state index contributed by atoms with van der Waals surface area (Å²) in [6.07, 6.45) is 3.13. The van der Waals surface area contributed by atoms with Crippen molar-refractivity contribution in [2.45, 2.75) is 38.8 Å². The Morgan fingerprint density at radius 3 is 2.62 bits per heavy atom. The van der Waals surface area contributed by atoms with Crippen LogP contribution in [-0.4, -0.2) is 57.4 Å². The zero-order chi connectivity index (χ0) is 17.4. The summed E-state index contributed by atoms with van der Waals surface area (Å²) in [7, 11) is 0. The van der Waals surface area contributed by atoms with E-state index in [4.69, 9.17) is 0 Å². The van der Waals surface area contributed by atoms with E-state index in [0.717, 1.165) is 0 Å². The second-order valence-corrected chi connectivity index (χ2v) is 6.32. The number of aromatic amines is 1. The number of likely N-dealkylation sites (tertiary alicyclic amines) is 1. The second-order valence-electron chi connectivity index (χ2n) is 6.32. The number of H-pyrrole nitrogens is 1. The molecule has 0 aliphatic carbocycles. The summed E-state index contributed by atoms with van der Waals surface area (Å²) in [6, 6.07) is -1.08. The van der Waals surface area contributed by atoms with Crippen molar-refractivity contribution in [1.82, 2.24) is 20.4 Å². The normalized spacial score (nSPS) is 24.4. The minimum atomic E-state index is -0.842. The first-order valence-electron chi connectivity index (χ1n) is 7.84. The summed E-state index contributed by atoms with van der Waals surface area (Å²) in [5.74, 6) is -1.79. The molecular formula is C15H19N5O4. The number of nitrogens with one attached hydrogen (secondary N) is 2. The van der Waals surface area contributed by atoms with Crippen molar-refractivity contribution in [3.63, 3.8) is 0 Å². The van der Waals surface area contributed by atoms with Crippen molar-refractivity contribution in [1.29, 1.82) is 0 Å². The summed E-state index contributed by atoms with van der Waals surface area (Å²) in [4.78, 5) is 51.2. The van der Waals surface area contributed by atoms with Gasteiger partial charge in [0.15, 0.2) is 0 Å². The molecule has 1 aromatic rings. The van der Waals surface area contributed by atoms with E-state index in [2.05, 4.69) is 15.5 Å². The number of amides is 4. The number of nitrogens with zero attached hydrogens (tertiary/aromatic N) is 3. The summed E-state index contributed by atoms with van der Waals surface area (Å²) in [6.45, 7) is 3.73. The molecular weight excluding hydrogens is 314 g/mol. The molecule has 0 bridgehead atoms. The highest BCUT2D eigenvalue weighted by Crippen LogP contribution is 2.25. The molecule has 2 fully saturated rings. The van der Waals surface area contributed by atoms with E-state index in [9.17, 15) is 19.2 Å². The lowest BCUT2D eigenvalue weighted by Gasteiger charge is -2.20. The zero-order valence-corrected chi connectivity index (χ0v) is 13.5. The van der Waals surface area contributed by atoms with Crippen LogP contribution in [0.4, 0.5) is 5.69 Å². The molecule has 2 atom stereocenters. The lowest BCUT2D eigenvalue weighted by molar-refractivity contribution is -0.141. The molecule has 1 aromatic heterocycles. The molecule has 0 radical (unpaired) electrons. The average molecular weight is 333 g/mol. The van der Waals surface area contributed by atoms with E-state index >= 15 is 0 Å². The third-order valence-electron chi connectivity index (χ3n) is 4.31. The molecule has 0 aromatic carbocycles. The Kier molecular flexibility index (Phi) is 4.08. The van der Waals surface area contributed by atoms with Gasteiger partial charge in [-0.15, -0.1) is 0 Å². The van der Waals surface area contributed by atoms with Gasteiger partial charge in [-0.25, -0.2) is 0 Å². The van der Waals surface area contributed by atoms with Gasteiger partial charge < -0.3 is 10.2 Å². The third-order valence-corrected chi connectivity index (χ3v) is 4.31. The largest absolute Gasteiger partial charge is 0.343 e. The van der Waals surface area contributed by atoms with Gasteiger partial charge in [0.2, 0.25) is 17.7 Å². The summed E-state index contributed by atoms with van der Waals surface area (Å²) < 4.78 is 0. The van der Waals surface area contributed by atoms with Crippen molar-refractivity contribution in [2.75, 3.05) is 11.4 Å².